The van der Waals surface area contributed by atoms with Gasteiger partial charge in [0, 0.05) is 22.0 Å². The van der Waals surface area contributed by atoms with Crippen LogP contribution in [0.4, 0.5) is 0 Å². The first-order valence-corrected chi connectivity index (χ1v) is 5.17. The zero-order valence-corrected chi connectivity index (χ0v) is 8.36. The van der Waals surface area contributed by atoms with Gasteiger partial charge >= 0.3 is 0 Å². The van der Waals surface area contributed by atoms with E-state index in [4.69, 9.17) is 0 Å². The topological polar surface area (TPSA) is 37.3 Å². The monoisotopic (exact) mass is 176 g/mol. The van der Waals surface area contributed by atoms with Gasteiger partial charge in [-0.1, -0.05) is 13.8 Å². The smallest absolute Gasteiger partial charge is 0.0765 e. The second-order valence-corrected chi connectivity index (χ2v) is 6.52. The molecule has 3 heteroatoms. The van der Waals surface area contributed by atoms with Crippen LogP contribution in [0.3, 0.4) is 0 Å². The Bertz CT molecular complexity index is 196. The van der Waals surface area contributed by atoms with Gasteiger partial charge in [-0.3, -0.25) is 4.21 Å². The molecule has 0 aromatic heterocycles. The Morgan fingerprint density at radius 1 is 1.36 bits per heavy atom. The van der Waals surface area contributed by atoms with E-state index in [9.17, 15) is 9.32 Å². The summed E-state index contributed by atoms with van der Waals surface area (Å²) < 4.78 is 11.0. The Labute approximate surface area is 70.5 Å². The van der Waals surface area contributed by atoms with Crippen LogP contribution in [0.2, 0.25) is 0 Å². The van der Waals surface area contributed by atoms with E-state index in [0.717, 1.165) is 0 Å². The molecule has 2 atom stereocenters. The molecule has 1 aliphatic heterocycles. The summed E-state index contributed by atoms with van der Waals surface area (Å²) in [5.41, 5.74) is -0.186. The molecule has 1 saturated heterocycles. The van der Waals surface area contributed by atoms with Crippen LogP contribution in [0.15, 0.2) is 0 Å². The van der Waals surface area contributed by atoms with Crippen molar-refractivity contribution in [2.75, 3.05) is 5.75 Å². The molecule has 66 valence electrons. The highest BCUT2D eigenvalue weighted by Crippen LogP contribution is 2.40. The first-order chi connectivity index (χ1) is 4.78. The minimum absolute atomic E-state index is 0.186. The molecule has 1 rings (SSSR count). The van der Waals surface area contributed by atoms with E-state index >= 15 is 0 Å². The van der Waals surface area contributed by atoms with Crippen LogP contribution in [0.25, 0.3) is 0 Å². The van der Waals surface area contributed by atoms with E-state index in [1.54, 1.807) is 0 Å². The predicted molar refractivity (Wildman–Crippen MR) is 46.9 cm³/mol. The van der Waals surface area contributed by atoms with Crippen molar-refractivity contribution in [3.63, 3.8) is 0 Å². The third kappa shape index (κ3) is 1.25. The summed E-state index contributed by atoms with van der Waals surface area (Å²) in [6.07, 6.45) is -0.448. The third-order valence-corrected chi connectivity index (χ3v) is 4.89. The quantitative estimate of drug-likeness (QED) is 0.596. The highest BCUT2D eigenvalue weighted by atomic mass is 32.2. The molecule has 0 aromatic rings. The summed E-state index contributed by atoms with van der Waals surface area (Å²) in [5, 5.41) is 9.76. The summed E-state index contributed by atoms with van der Waals surface area (Å²) in [6.45, 7) is 7.65. The molecule has 0 saturated carbocycles. The van der Waals surface area contributed by atoms with Gasteiger partial charge in [-0.2, -0.15) is 0 Å². The Hall–Kier alpha value is 0.110. The highest BCUT2D eigenvalue weighted by molar-refractivity contribution is 7.86. The second kappa shape index (κ2) is 2.30. The van der Waals surface area contributed by atoms with Crippen molar-refractivity contribution in [2.24, 2.45) is 5.41 Å². The fourth-order valence-electron chi connectivity index (χ4n) is 1.67. The number of rotatable bonds is 0. The zero-order valence-electron chi connectivity index (χ0n) is 7.55. The Balaban J connectivity index is 2.98. The summed E-state index contributed by atoms with van der Waals surface area (Å²) in [7, 11) is -0.883. The van der Waals surface area contributed by atoms with Crippen LogP contribution in [-0.4, -0.2) is 25.9 Å². The fraction of sp³-hybridized carbons (Fsp3) is 1.00. The third-order valence-electron chi connectivity index (χ3n) is 2.49. The molecule has 1 aliphatic rings. The maximum atomic E-state index is 11.5. The first-order valence-electron chi connectivity index (χ1n) is 3.85. The normalized spacial score (nSPS) is 40.8. The summed E-state index contributed by atoms with van der Waals surface area (Å²) in [6, 6.07) is 0. The number of hydrogen-bond donors (Lipinski definition) is 1. The van der Waals surface area contributed by atoms with Crippen molar-refractivity contribution in [3.8, 4) is 0 Å². The molecular formula is C8H16O2S. The van der Waals surface area contributed by atoms with Gasteiger partial charge in [0.25, 0.3) is 0 Å². The molecule has 0 amide bonds. The van der Waals surface area contributed by atoms with Crippen molar-refractivity contribution in [1.29, 1.82) is 0 Å². The summed E-state index contributed by atoms with van der Waals surface area (Å²) in [4.78, 5) is 0. The molecule has 1 N–H and O–H groups in total. The lowest BCUT2D eigenvalue weighted by atomic mass is 9.83. The molecule has 2 unspecified atom stereocenters. The molecule has 0 aromatic carbocycles. The molecule has 1 fully saturated rings. The molecule has 0 aliphatic carbocycles. The van der Waals surface area contributed by atoms with Crippen LogP contribution in [0.1, 0.15) is 27.7 Å². The van der Waals surface area contributed by atoms with Gasteiger partial charge in [0.15, 0.2) is 0 Å². The van der Waals surface area contributed by atoms with E-state index in [0.29, 0.717) is 5.75 Å². The van der Waals surface area contributed by atoms with Gasteiger partial charge in [0.2, 0.25) is 0 Å². The van der Waals surface area contributed by atoms with Gasteiger partial charge < -0.3 is 5.11 Å². The highest BCUT2D eigenvalue weighted by Gasteiger charge is 2.51. The van der Waals surface area contributed by atoms with E-state index in [2.05, 4.69) is 0 Å². The minimum Gasteiger partial charge on any atom is -0.391 e. The SMILES string of the molecule is CC1(C)CS(=O)C(C)(C)C1O. The van der Waals surface area contributed by atoms with Crippen molar-refractivity contribution in [1.82, 2.24) is 0 Å². The number of aliphatic hydroxyl groups is 1. The van der Waals surface area contributed by atoms with Crippen molar-refractivity contribution in [2.45, 2.75) is 38.5 Å². The Morgan fingerprint density at radius 3 is 1.91 bits per heavy atom. The summed E-state index contributed by atoms with van der Waals surface area (Å²) >= 11 is 0. The average Bonchev–Trinajstić information content (AvgIpc) is 1.94. The predicted octanol–water partition coefficient (Wildman–Crippen LogP) is 0.914. The molecule has 1 heterocycles. The zero-order chi connectivity index (χ0) is 8.86. The van der Waals surface area contributed by atoms with Crippen molar-refractivity contribution >= 4 is 10.8 Å². The Kier molecular flexibility index (Phi) is 1.92. The van der Waals surface area contributed by atoms with E-state index in [-0.39, 0.29) is 5.41 Å². The van der Waals surface area contributed by atoms with Crippen molar-refractivity contribution in [3.05, 3.63) is 0 Å². The molecule has 2 nitrogen and oxygen atoms in total. The lowest BCUT2D eigenvalue weighted by molar-refractivity contribution is 0.0529. The lowest BCUT2D eigenvalue weighted by Gasteiger charge is -2.27. The number of aliphatic hydroxyl groups excluding tert-OH is 1. The van der Waals surface area contributed by atoms with E-state index in [1.807, 2.05) is 27.7 Å². The molecule has 0 bridgehead atoms. The van der Waals surface area contributed by atoms with E-state index in [1.165, 1.54) is 0 Å². The van der Waals surface area contributed by atoms with Gasteiger partial charge in [0.05, 0.1) is 10.9 Å². The average molecular weight is 176 g/mol. The number of hydrogen-bond acceptors (Lipinski definition) is 2. The maximum absolute atomic E-state index is 11.5. The van der Waals surface area contributed by atoms with Crippen LogP contribution in [-0.2, 0) is 10.8 Å². The van der Waals surface area contributed by atoms with Crippen LogP contribution in [0, 0.1) is 5.41 Å². The van der Waals surface area contributed by atoms with E-state index < -0.39 is 21.7 Å². The van der Waals surface area contributed by atoms with Crippen LogP contribution in [0.5, 0.6) is 0 Å². The van der Waals surface area contributed by atoms with Gasteiger partial charge in [0.1, 0.15) is 0 Å². The Morgan fingerprint density at radius 2 is 1.82 bits per heavy atom. The first kappa shape index (κ1) is 9.20. The maximum Gasteiger partial charge on any atom is 0.0765 e. The minimum atomic E-state index is -0.883. The fourth-order valence-corrected chi connectivity index (χ4v) is 3.44. The van der Waals surface area contributed by atoms with Crippen molar-refractivity contribution < 1.29 is 9.32 Å². The second-order valence-electron chi connectivity index (χ2n) is 4.48. The van der Waals surface area contributed by atoms with Gasteiger partial charge in [-0.25, -0.2) is 0 Å². The summed E-state index contributed by atoms with van der Waals surface area (Å²) in [5.74, 6) is 0.612. The van der Waals surface area contributed by atoms with Gasteiger partial charge in [-0.15, -0.1) is 0 Å². The standard InChI is InChI=1S/C8H16O2S/c1-7(2)5-11(10)8(3,4)6(7)9/h6,9H,5H2,1-4H3. The van der Waals surface area contributed by atoms with Crippen LogP contribution < -0.4 is 0 Å². The molecular weight excluding hydrogens is 160 g/mol. The molecule has 0 spiro atoms. The molecule has 11 heavy (non-hydrogen) atoms. The van der Waals surface area contributed by atoms with Gasteiger partial charge in [-0.05, 0) is 13.8 Å². The van der Waals surface area contributed by atoms with Crippen LogP contribution >= 0.6 is 0 Å². The largest absolute Gasteiger partial charge is 0.391 e. The molecule has 0 radical (unpaired) electrons. The lowest BCUT2D eigenvalue weighted by Crippen LogP contribution is -2.39.